The van der Waals surface area contributed by atoms with Crippen molar-refractivity contribution in [1.29, 1.82) is 0 Å². The molecule has 3 nitrogen and oxygen atoms in total. The van der Waals surface area contributed by atoms with Crippen LogP contribution in [0.2, 0.25) is 0 Å². The Bertz CT molecular complexity index is 1550. The van der Waals surface area contributed by atoms with Crippen LogP contribution in [0.25, 0.3) is 22.2 Å². The molecule has 0 N–H and O–H groups in total. The number of ether oxygens (including phenoxy) is 1. The molecule has 5 rings (SSSR count). The fourth-order valence-corrected chi connectivity index (χ4v) is 4.74. The van der Waals surface area contributed by atoms with Gasteiger partial charge in [0.25, 0.3) is 0 Å². The lowest BCUT2D eigenvalue weighted by Crippen LogP contribution is -2.13. The summed E-state index contributed by atoms with van der Waals surface area (Å²) < 4.78 is 5.92. The smallest absolute Gasteiger partial charge is 0.344 e. The first-order chi connectivity index (χ1) is 17.4. The Hall–Kier alpha value is -4.24. The van der Waals surface area contributed by atoms with E-state index in [9.17, 15) is 4.79 Å². The van der Waals surface area contributed by atoms with E-state index in [2.05, 4.69) is 49.4 Å². The first-order valence-corrected chi connectivity index (χ1v) is 12.2. The number of fused-ring (bicyclic) bond motifs is 1. The molecule has 1 heterocycles. The zero-order valence-electron chi connectivity index (χ0n) is 21.1. The van der Waals surface area contributed by atoms with Crippen molar-refractivity contribution in [3.05, 3.63) is 130 Å². The van der Waals surface area contributed by atoms with E-state index in [4.69, 9.17) is 9.72 Å². The molecule has 0 aliphatic carbocycles. The van der Waals surface area contributed by atoms with Gasteiger partial charge in [0.05, 0.1) is 16.8 Å². The highest BCUT2D eigenvalue weighted by Crippen LogP contribution is 2.33. The topological polar surface area (TPSA) is 39.2 Å². The molecular formula is C33H29NO2. The minimum Gasteiger partial charge on any atom is -0.423 e. The quantitative estimate of drug-likeness (QED) is 0.193. The predicted octanol–water partition coefficient (Wildman–Crippen LogP) is 7.95. The standard InChI is InChI=1S/C33H29NO2/c1-21-10-14-27(15-11-21)32-24(4)30(29-19-22(2)18-23(3)31(29)34-32)33(35)36-28-16-12-26(13-17-28)20-25-8-6-5-7-9-25/h5-19H,20H2,1-4H3. The van der Waals surface area contributed by atoms with Gasteiger partial charge in [0, 0.05) is 10.9 Å². The first kappa shape index (κ1) is 23.5. The largest absolute Gasteiger partial charge is 0.423 e. The molecule has 0 atom stereocenters. The number of carbonyl (C=O) groups excluding carboxylic acids is 1. The van der Waals surface area contributed by atoms with E-state index < -0.39 is 0 Å². The van der Waals surface area contributed by atoms with Crippen molar-refractivity contribution in [2.45, 2.75) is 34.1 Å². The van der Waals surface area contributed by atoms with Gasteiger partial charge < -0.3 is 4.74 Å². The highest BCUT2D eigenvalue weighted by molar-refractivity contribution is 6.08. The molecule has 0 bridgehead atoms. The normalized spacial score (nSPS) is 11.0. The lowest BCUT2D eigenvalue weighted by molar-refractivity contribution is 0.0736. The van der Waals surface area contributed by atoms with Gasteiger partial charge in [0.2, 0.25) is 0 Å². The van der Waals surface area contributed by atoms with Crippen molar-refractivity contribution >= 4 is 16.9 Å². The molecule has 0 spiro atoms. The summed E-state index contributed by atoms with van der Waals surface area (Å²) in [5, 5.41) is 0.826. The van der Waals surface area contributed by atoms with Gasteiger partial charge in [-0.1, -0.05) is 83.9 Å². The summed E-state index contributed by atoms with van der Waals surface area (Å²) in [5.74, 6) is 0.163. The lowest BCUT2D eigenvalue weighted by Gasteiger charge is -2.16. The molecular weight excluding hydrogens is 442 g/mol. The first-order valence-electron chi connectivity index (χ1n) is 12.2. The number of hydrogen-bond donors (Lipinski definition) is 0. The van der Waals surface area contributed by atoms with Crippen LogP contribution >= 0.6 is 0 Å². The summed E-state index contributed by atoms with van der Waals surface area (Å²) >= 11 is 0. The monoisotopic (exact) mass is 471 g/mol. The van der Waals surface area contributed by atoms with Gasteiger partial charge in [-0.25, -0.2) is 9.78 Å². The average molecular weight is 472 g/mol. The predicted molar refractivity (Wildman–Crippen MR) is 147 cm³/mol. The average Bonchev–Trinajstić information content (AvgIpc) is 2.86. The molecule has 0 aliphatic heterocycles. The lowest BCUT2D eigenvalue weighted by atomic mass is 9.95. The fourth-order valence-electron chi connectivity index (χ4n) is 4.74. The number of pyridine rings is 1. The Balaban J connectivity index is 1.52. The summed E-state index contributed by atoms with van der Waals surface area (Å²) in [7, 11) is 0. The van der Waals surface area contributed by atoms with E-state index in [1.165, 1.54) is 16.7 Å². The molecule has 4 aromatic carbocycles. The minimum absolute atomic E-state index is 0.367. The summed E-state index contributed by atoms with van der Waals surface area (Å²) in [4.78, 5) is 18.6. The van der Waals surface area contributed by atoms with Gasteiger partial charge in [-0.2, -0.15) is 0 Å². The van der Waals surface area contributed by atoms with Gasteiger partial charge >= 0.3 is 5.97 Å². The molecule has 0 saturated carbocycles. The van der Waals surface area contributed by atoms with Gasteiger partial charge in [0.1, 0.15) is 5.75 Å². The number of aromatic nitrogens is 1. The van der Waals surface area contributed by atoms with Crippen molar-refractivity contribution < 1.29 is 9.53 Å². The maximum absolute atomic E-state index is 13.6. The molecule has 5 aromatic rings. The Labute approximate surface area is 212 Å². The maximum Gasteiger partial charge on any atom is 0.344 e. The van der Waals surface area contributed by atoms with Crippen LogP contribution in [0.5, 0.6) is 5.75 Å². The Morgan fingerprint density at radius 2 is 1.42 bits per heavy atom. The third-order valence-corrected chi connectivity index (χ3v) is 6.58. The zero-order chi connectivity index (χ0) is 25.2. The molecule has 3 heteroatoms. The third-order valence-electron chi connectivity index (χ3n) is 6.58. The molecule has 178 valence electrons. The summed E-state index contributed by atoms with van der Waals surface area (Å²) in [6.45, 7) is 8.09. The molecule has 0 unspecified atom stereocenters. The summed E-state index contributed by atoms with van der Waals surface area (Å²) in [5.41, 5.74) is 9.72. The van der Waals surface area contributed by atoms with Gasteiger partial charge in [-0.15, -0.1) is 0 Å². The number of nitrogens with zero attached hydrogens (tertiary/aromatic N) is 1. The van der Waals surface area contributed by atoms with Gasteiger partial charge in [-0.3, -0.25) is 0 Å². The fraction of sp³-hybridized carbons (Fsp3) is 0.152. The van der Waals surface area contributed by atoms with Crippen LogP contribution in [-0.2, 0) is 6.42 Å². The number of benzene rings is 4. The van der Waals surface area contributed by atoms with Crippen molar-refractivity contribution in [2.24, 2.45) is 0 Å². The van der Waals surface area contributed by atoms with Crippen molar-refractivity contribution in [3.8, 4) is 17.0 Å². The molecule has 0 aliphatic rings. The Morgan fingerprint density at radius 3 is 2.11 bits per heavy atom. The van der Waals surface area contributed by atoms with E-state index in [1.54, 1.807) is 0 Å². The Kier molecular flexibility index (Phi) is 6.39. The van der Waals surface area contributed by atoms with Crippen LogP contribution < -0.4 is 4.74 Å². The molecule has 0 radical (unpaired) electrons. The SMILES string of the molecule is Cc1ccc(-c2nc3c(C)cc(C)cc3c(C(=O)Oc3ccc(Cc4ccccc4)cc3)c2C)cc1. The van der Waals surface area contributed by atoms with E-state index in [0.29, 0.717) is 11.3 Å². The number of hydrogen-bond acceptors (Lipinski definition) is 3. The second kappa shape index (κ2) is 9.79. The number of esters is 1. The minimum atomic E-state index is -0.367. The highest BCUT2D eigenvalue weighted by atomic mass is 16.5. The second-order valence-electron chi connectivity index (χ2n) is 9.50. The van der Waals surface area contributed by atoms with Crippen molar-refractivity contribution in [3.63, 3.8) is 0 Å². The molecule has 1 aromatic heterocycles. The molecule has 0 saturated heterocycles. The van der Waals surface area contributed by atoms with Crippen LogP contribution in [0.1, 0.15) is 43.7 Å². The molecule has 36 heavy (non-hydrogen) atoms. The third kappa shape index (κ3) is 4.78. The van der Waals surface area contributed by atoms with Crippen molar-refractivity contribution in [1.82, 2.24) is 4.98 Å². The van der Waals surface area contributed by atoms with E-state index in [0.717, 1.165) is 45.3 Å². The van der Waals surface area contributed by atoms with Crippen molar-refractivity contribution in [2.75, 3.05) is 0 Å². The summed E-state index contributed by atoms with van der Waals surface area (Å²) in [6, 6.07) is 30.5. The van der Waals surface area contributed by atoms with Gasteiger partial charge in [-0.05, 0) is 74.6 Å². The Morgan fingerprint density at radius 1 is 0.750 bits per heavy atom. The van der Waals surface area contributed by atoms with Crippen LogP contribution in [0.4, 0.5) is 0 Å². The van der Waals surface area contributed by atoms with E-state index in [-0.39, 0.29) is 5.97 Å². The summed E-state index contributed by atoms with van der Waals surface area (Å²) in [6.07, 6.45) is 0.835. The molecule has 0 fully saturated rings. The number of rotatable bonds is 5. The van der Waals surface area contributed by atoms with E-state index in [1.807, 2.05) is 69.3 Å². The van der Waals surface area contributed by atoms with Crippen LogP contribution in [0.15, 0.2) is 91.0 Å². The van der Waals surface area contributed by atoms with Crippen LogP contribution in [-0.4, -0.2) is 11.0 Å². The zero-order valence-corrected chi connectivity index (χ0v) is 21.1. The van der Waals surface area contributed by atoms with E-state index >= 15 is 0 Å². The highest BCUT2D eigenvalue weighted by Gasteiger charge is 2.22. The maximum atomic E-state index is 13.6. The van der Waals surface area contributed by atoms with Gasteiger partial charge in [0.15, 0.2) is 0 Å². The number of carbonyl (C=O) groups is 1. The molecule has 0 amide bonds. The van der Waals surface area contributed by atoms with Crippen LogP contribution in [0.3, 0.4) is 0 Å². The number of aryl methyl sites for hydroxylation is 3. The second-order valence-corrected chi connectivity index (χ2v) is 9.50. The van der Waals surface area contributed by atoms with Crippen LogP contribution in [0, 0.1) is 27.7 Å².